The number of hydrogen-bond donors (Lipinski definition) is 0. The number of aryl methyl sites for hydroxylation is 1. The van der Waals surface area contributed by atoms with Crippen LogP contribution in [0.1, 0.15) is 37.1 Å². The third-order valence-corrected chi connectivity index (χ3v) is 6.09. The number of morpholine rings is 1. The second kappa shape index (κ2) is 6.85. The van der Waals surface area contributed by atoms with Crippen LogP contribution in [0.4, 0.5) is 4.39 Å². The van der Waals surface area contributed by atoms with Gasteiger partial charge in [0.1, 0.15) is 11.4 Å². The molecule has 3 aliphatic rings. The van der Waals surface area contributed by atoms with Crippen molar-refractivity contribution in [2.24, 2.45) is 0 Å². The number of rotatable bonds is 4. The minimum Gasteiger partial charge on any atom is -0.373 e. The Morgan fingerprint density at radius 2 is 2.07 bits per heavy atom. The van der Waals surface area contributed by atoms with Crippen molar-refractivity contribution in [1.29, 1.82) is 0 Å². The maximum Gasteiger partial charge on any atom is 0.229 e. The van der Waals surface area contributed by atoms with Crippen molar-refractivity contribution >= 4 is 11.8 Å². The van der Waals surface area contributed by atoms with Crippen molar-refractivity contribution in [3.8, 4) is 12.3 Å². The molecule has 0 aromatic carbocycles. The van der Waals surface area contributed by atoms with Gasteiger partial charge in [-0.15, -0.1) is 6.42 Å². The largest absolute Gasteiger partial charge is 0.373 e. The summed E-state index contributed by atoms with van der Waals surface area (Å²) in [6, 6.07) is 0. The molecule has 28 heavy (non-hydrogen) atoms. The first-order valence-electron chi connectivity index (χ1n) is 9.49. The van der Waals surface area contributed by atoms with E-state index in [1.807, 2.05) is 4.90 Å². The average molecular weight is 390 g/mol. The van der Waals surface area contributed by atoms with E-state index in [2.05, 4.69) is 20.9 Å². The Labute approximate surface area is 162 Å². The summed E-state index contributed by atoms with van der Waals surface area (Å²) in [5.74, 6) is 1.80. The van der Waals surface area contributed by atoms with E-state index in [0.29, 0.717) is 24.5 Å². The quantitative estimate of drug-likeness (QED) is 0.702. The maximum absolute atomic E-state index is 13.8. The summed E-state index contributed by atoms with van der Waals surface area (Å²) in [5, 5.41) is 7.51. The highest BCUT2D eigenvalue weighted by Crippen LogP contribution is 2.41. The van der Waals surface area contributed by atoms with Crippen LogP contribution in [0.2, 0.25) is 0 Å². The minimum absolute atomic E-state index is 0.0710. The van der Waals surface area contributed by atoms with Crippen LogP contribution in [0, 0.1) is 19.3 Å². The molecule has 0 bridgehead atoms. The second-order valence-corrected chi connectivity index (χ2v) is 8.05. The first-order valence-corrected chi connectivity index (χ1v) is 9.49. The molecule has 1 aromatic rings. The molecule has 1 spiro atoms. The van der Waals surface area contributed by atoms with Crippen LogP contribution in [-0.2, 0) is 20.7 Å². The van der Waals surface area contributed by atoms with E-state index in [1.54, 1.807) is 6.92 Å². The van der Waals surface area contributed by atoms with Gasteiger partial charge in [0.05, 0.1) is 44.2 Å². The van der Waals surface area contributed by atoms with Crippen LogP contribution in [-0.4, -0.2) is 75.5 Å². The Hall–Kier alpha value is -2.47. The number of carbonyl (C=O) groups excluding carboxylic acids is 2. The fraction of sp³-hybridized carbons (Fsp3) is 0.684. The molecule has 0 radical (unpaired) electrons. The first kappa shape index (κ1) is 18.9. The van der Waals surface area contributed by atoms with Gasteiger partial charge in [0, 0.05) is 6.54 Å². The van der Waals surface area contributed by atoms with Gasteiger partial charge in [-0.3, -0.25) is 9.59 Å². The van der Waals surface area contributed by atoms with E-state index in [0.717, 1.165) is 19.3 Å². The normalized spacial score (nSPS) is 25.0. The van der Waals surface area contributed by atoms with Crippen molar-refractivity contribution in [2.75, 3.05) is 26.2 Å². The smallest absolute Gasteiger partial charge is 0.229 e. The number of alkyl halides is 1. The van der Waals surface area contributed by atoms with E-state index in [9.17, 15) is 14.0 Å². The Morgan fingerprint density at radius 3 is 2.64 bits per heavy atom. The highest BCUT2D eigenvalue weighted by Gasteiger charge is 2.50. The van der Waals surface area contributed by atoms with Gasteiger partial charge in [-0.25, -0.2) is 9.02 Å². The standard InChI is InChI=1S/C19H23FN4O4/c1-3-18(20)10-23(11-18)16(25)7-14-9-24(19(12-27-14)5-4-6-19)17(26)8-15-13(2)21-28-22-15/h1,14H,4-12H2,2H3. The lowest BCUT2D eigenvalue weighted by molar-refractivity contribution is -0.175. The summed E-state index contributed by atoms with van der Waals surface area (Å²) in [5.41, 5.74) is -0.898. The predicted octanol–water partition coefficient (Wildman–Crippen LogP) is 0.644. The fourth-order valence-electron chi connectivity index (χ4n) is 4.09. The van der Waals surface area contributed by atoms with Gasteiger partial charge < -0.3 is 14.5 Å². The summed E-state index contributed by atoms with van der Waals surface area (Å²) in [7, 11) is 0. The molecule has 2 aliphatic heterocycles. The number of amides is 2. The first-order chi connectivity index (χ1) is 13.3. The highest BCUT2D eigenvalue weighted by molar-refractivity contribution is 5.80. The number of hydrogen-bond acceptors (Lipinski definition) is 6. The van der Waals surface area contributed by atoms with Gasteiger partial charge in [-0.2, -0.15) is 0 Å². The molecular formula is C19H23FN4O4. The molecule has 3 fully saturated rings. The van der Waals surface area contributed by atoms with Crippen LogP contribution >= 0.6 is 0 Å². The molecule has 1 saturated carbocycles. The number of aromatic nitrogens is 2. The number of nitrogens with zero attached hydrogens (tertiary/aromatic N) is 4. The third kappa shape index (κ3) is 3.26. The zero-order chi connectivity index (χ0) is 19.9. The van der Waals surface area contributed by atoms with Crippen molar-refractivity contribution in [2.45, 2.75) is 56.3 Å². The summed E-state index contributed by atoms with van der Waals surface area (Å²) in [4.78, 5) is 28.6. The van der Waals surface area contributed by atoms with Crippen LogP contribution in [0.3, 0.4) is 0 Å². The number of ether oxygens (including phenoxy) is 1. The zero-order valence-electron chi connectivity index (χ0n) is 15.8. The molecule has 150 valence electrons. The number of terminal acetylenes is 1. The van der Waals surface area contributed by atoms with Gasteiger partial charge in [-0.1, -0.05) is 16.2 Å². The third-order valence-electron chi connectivity index (χ3n) is 6.09. The molecule has 3 heterocycles. The van der Waals surface area contributed by atoms with Crippen LogP contribution in [0.25, 0.3) is 0 Å². The van der Waals surface area contributed by atoms with E-state index in [4.69, 9.17) is 11.2 Å². The summed E-state index contributed by atoms with van der Waals surface area (Å²) < 4.78 is 24.4. The Bertz CT molecular complexity index is 822. The summed E-state index contributed by atoms with van der Waals surface area (Å²) in [6.07, 6.45) is 7.74. The average Bonchev–Trinajstić information content (AvgIpc) is 3.02. The van der Waals surface area contributed by atoms with Crippen LogP contribution in [0.5, 0.6) is 0 Å². The lowest BCUT2D eigenvalue weighted by atomic mass is 9.74. The fourth-order valence-corrected chi connectivity index (χ4v) is 4.09. The van der Waals surface area contributed by atoms with Crippen molar-refractivity contribution in [3.63, 3.8) is 0 Å². The lowest BCUT2D eigenvalue weighted by Crippen LogP contribution is -2.66. The Morgan fingerprint density at radius 1 is 1.32 bits per heavy atom. The topological polar surface area (TPSA) is 88.8 Å². The number of halogens is 1. The number of likely N-dealkylation sites (tertiary alicyclic amines) is 1. The highest BCUT2D eigenvalue weighted by atomic mass is 19.1. The predicted molar refractivity (Wildman–Crippen MR) is 94.6 cm³/mol. The van der Waals surface area contributed by atoms with Crippen molar-refractivity contribution < 1.29 is 23.3 Å². The molecule has 1 aromatic heterocycles. The second-order valence-electron chi connectivity index (χ2n) is 8.05. The molecule has 2 saturated heterocycles. The maximum atomic E-state index is 13.8. The van der Waals surface area contributed by atoms with Crippen molar-refractivity contribution in [3.05, 3.63) is 11.4 Å². The molecule has 8 nitrogen and oxygen atoms in total. The van der Waals surface area contributed by atoms with Gasteiger partial charge in [0.25, 0.3) is 0 Å². The summed E-state index contributed by atoms with van der Waals surface area (Å²) >= 11 is 0. The Kier molecular flexibility index (Phi) is 4.62. The van der Waals surface area contributed by atoms with E-state index < -0.39 is 11.8 Å². The molecular weight excluding hydrogens is 367 g/mol. The Balaban J connectivity index is 1.39. The van der Waals surface area contributed by atoms with Gasteiger partial charge in [0.15, 0.2) is 0 Å². The SMILES string of the molecule is C#CC1(F)CN(C(=O)CC2CN(C(=O)Cc3nonc3C)C3(CCC3)CO2)C1. The zero-order valence-corrected chi connectivity index (χ0v) is 15.8. The monoisotopic (exact) mass is 390 g/mol. The molecule has 2 amide bonds. The molecule has 1 unspecified atom stereocenters. The van der Waals surface area contributed by atoms with Crippen LogP contribution < -0.4 is 0 Å². The van der Waals surface area contributed by atoms with Gasteiger partial charge in [-0.05, 0) is 26.2 Å². The van der Waals surface area contributed by atoms with Gasteiger partial charge in [0.2, 0.25) is 17.5 Å². The van der Waals surface area contributed by atoms with E-state index in [1.165, 1.54) is 4.90 Å². The molecule has 0 N–H and O–H groups in total. The summed E-state index contributed by atoms with van der Waals surface area (Å²) in [6.45, 7) is 2.32. The lowest BCUT2D eigenvalue weighted by Gasteiger charge is -2.54. The van der Waals surface area contributed by atoms with E-state index >= 15 is 0 Å². The molecule has 4 rings (SSSR count). The minimum atomic E-state index is -1.72. The van der Waals surface area contributed by atoms with E-state index in [-0.39, 0.29) is 43.3 Å². The van der Waals surface area contributed by atoms with Gasteiger partial charge >= 0.3 is 0 Å². The number of carbonyl (C=O) groups is 2. The van der Waals surface area contributed by atoms with Crippen LogP contribution in [0.15, 0.2) is 4.63 Å². The van der Waals surface area contributed by atoms with Crippen molar-refractivity contribution in [1.82, 2.24) is 20.1 Å². The molecule has 1 aliphatic carbocycles. The molecule has 1 atom stereocenters. The molecule has 9 heteroatoms.